The zero-order valence-corrected chi connectivity index (χ0v) is 14.8. The van der Waals surface area contributed by atoms with Crippen molar-refractivity contribution in [3.05, 3.63) is 77.7 Å². The molecule has 2 heteroatoms. The van der Waals surface area contributed by atoms with Crippen LogP contribution in [0.1, 0.15) is 30.4 Å². The monoisotopic (exact) mass is 338 g/mol. The number of aromatic nitrogens is 1. The Balaban J connectivity index is 1.98. The van der Waals surface area contributed by atoms with Crippen LogP contribution in [0.3, 0.4) is 0 Å². The number of benzene rings is 2. The van der Waals surface area contributed by atoms with Gasteiger partial charge < -0.3 is 0 Å². The van der Waals surface area contributed by atoms with Gasteiger partial charge in [-0.15, -0.1) is 0 Å². The molecule has 0 spiro atoms. The highest BCUT2D eigenvalue weighted by atomic mass is 19.1. The molecule has 1 heterocycles. The maximum absolute atomic E-state index is 14.3. The summed E-state index contributed by atoms with van der Waals surface area (Å²) in [5.41, 5.74) is 5.31. The van der Waals surface area contributed by atoms with Crippen LogP contribution in [-0.4, -0.2) is 0 Å². The minimum atomic E-state index is -2.49. The number of aryl methyl sites for hydroxylation is 2. The van der Waals surface area contributed by atoms with Crippen molar-refractivity contribution in [3.63, 3.8) is 0 Å². The predicted molar refractivity (Wildman–Crippen MR) is 102 cm³/mol. The highest BCUT2D eigenvalue weighted by Gasteiger charge is 2.14. The molecule has 1 atom stereocenters. The van der Waals surface area contributed by atoms with Crippen LogP contribution in [0, 0.1) is 18.6 Å². The van der Waals surface area contributed by atoms with E-state index in [1.165, 1.54) is 18.6 Å². The van der Waals surface area contributed by atoms with E-state index in [2.05, 4.69) is 19.1 Å². The fourth-order valence-electron chi connectivity index (χ4n) is 3.09. The van der Waals surface area contributed by atoms with Crippen LogP contribution in [0.4, 0.5) is 4.39 Å². The summed E-state index contributed by atoms with van der Waals surface area (Å²) in [7, 11) is 1.96. The van der Waals surface area contributed by atoms with Crippen molar-refractivity contribution in [2.24, 2.45) is 12.9 Å². The molecule has 25 heavy (non-hydrogen) atoms. The van der Waals surface area contributed by atoms with Crippen molar-refractivity contribution in [3.8, 4) is 22.4 Å². The van der Waals surface area contributed by atoms with Gasteiger partial charge in [0.15, 0.2) is 6.20 Å². The Morgan fingerprint density at radius 1 is 1.12 bits per heavy atom. The lowest BCUT2D eigenvalue weighted by Gasteiger charge is -2.10. The van der Waals surface area contributed by atoms with E-state index in [4.69, 9.17) is 5.48 Å². The highest BCUT2D eigenvalue weighted by Crippen LogP contribution is 2.25. The average Bonchev–Trinajstić information content (AvgIpc) is 2.63. The minimum absolute atomic E-state index is 0.184. The van der Waals surface area contributed by atoms with Crippen LogP contribution >= 0.6 is 0 Å². The first-order valence-electron chi connectivity index (χ1n) is 10.3. The molecule has 1 nitrogen and oxygen atoms in total. The van der Waals surface area contributed by atoms with Gasteiger partial charge in [0.25, 0.3) is 0 Å². The number of nitrogens with zero attached hydrogens (tertiary/aromatic N) is 1. The number of hydrogen-bond donors (Lipinski definition) is 0. The largest absolute Gasteiger partial charge is 0.212 e. The van der Waals surface area contributed by atoms with Gasteiger partial charge in [-0.05, 0) is 60.2 Å². The maximum atomic E-state index is 14.3. The Morgan fingerprint density at radius 2 is 1.88 bits per heavy atom. The zero-order chi connectivity index (χ0) is 21.4. The first-order chi connectivity index (χ1) is 13.5. The van der Waals surface area contributed by atoms with Crippen molar-refractivity contribution in [2.45, 2.75) is 27.1 Å². The Bertz CT molecular complexity index is 1040. The maximum Gasteiger partial charge on any atom is 0.212 e. The molecule has 0 saturated carbocycles. The summed E-state index contributed by atoms with van der Waals surface area (Å²) in [6.07, 6.45) is 1.79. The Morgan fingerprint density at radius 3 is 2.60 bits per heavy atom. The molecule has 0 N–H and O–H groups in total. The second-order valence-corrected chi connectivity index (χ2v) is 6.49. The third kappa shape index (κ3) is 3.79. The van der Waals surface area contributed by atoms with E-state index in [9.17, 15) is 4.39 Å². The zero-order valence-electron chi connectivity index (χ0n) is 18.8. The summed E-state index contributed by atoms with van der Waals surface area (Å²) in [6, 6.07) is 16.8. The van der Waals surface area contributed by atoms with Gasteiger partial charge in [0.1, 0.15) is 12.9 Å². The van der Waals surface area contributed by atoms with Crippen molar-refractivity contribution in [1.82, 2.24) is 0 Å². The fraction of sp³-hybridized carbons (Fsp3) is 0.261. The molecule has 2 aromatic carbocycles. The summed E-state index contributed by atoms with van der Waals surface area (Å²) in [6.45, 7) is 0.901. The van der Waals surface area contributed by atoms with E-state index in [-0.39, 0.29) is 12.0 Å². The number of hydrogen-bond acceptors (Lipinski definition) is 0. The third-order valence-electron chi connectivity index (χ3n) is 4.39. The van der Waals surface area contributed by atoms with Gasteiger partial charge in [-0.1, -0.05) is 38.0 Å². The van der Waals surface area contributed by atoms with Gasteiger partial charge in [-0.3, -0.25) is 0 Å². The Labute approximate surface area is 155 Å². The molecule has 128 valence electrons. The summed E-state index contributed by atoms with van der Waals surface area (Å²) in [4.78, 5) is 0. The molecule has 0 aliphatic heterocycles. The molecule has 0 amide bonds. The Hall–Kier alpha value is -2.48. The molecular weight excluding hydrogens is 309 g/mol. The molecule has 1 unspecified atom stereocenters. The van der Waals surface area contributed by atoms with Gasteiger partial charge in [0, 0.05) is 22.7 Å². The van der Waals surface area contributed by atoms with Gasteiger partial charge in [0.05, 0.1) is 0 Å². The standard InChI is InChI=1S/C23H25FN/c1-16(2)13-20-14-18(9-11-22(20)24)19-10-12-23(25(4)15-19)21-8-6-5-7-17(21)3/h5-12,14-16H,13H2,1-4H3/q+1/i1D3,16D. The lowest BCUT2D eigenvalue weighted by molar-refractivity contribution is -0.659. The molecule has 0 bridgehead atoms. The lowest BCUT2D eigenvalue weighted by atomic mass is 9.97. The van der Waals surface area contributed by atoms with Crippen LogP contribution in [-0.2, 0) is 13.5 Å². The van der Waals surface area contributed by atoms with Crippen molar-refractivity contribution < 1.29 is 14.4 Å². The van der Waals surface area contributed by atoms with E-state index in [1.807, 2.05) is 42.1 Å². The second-order valence-electron chi connectivity index (χ2n) is 6.49. The lowest BCUT2D eigenvalue weighted by Crippen LogP contribution is -2.30. The molecule has 0 aliphatic rings. The van der Waals surface area contributed by atoms with Crippen molar-refractivity contribution in [2.75, 3.05) is 0 Å². The SMILES string of the molecule is [2H]C([2H])([2H])C([2H])(C)Cc1cc(-c2ccc(-c3ccccc3C)[n+](C)c2)ccc1F. The van der Waals surface area contributed by atoms with Crippen LogP contribution in [0.5, 0.6) is 0 Å². The molecule has 3 rings (SSSR count). The molecule has 0 saturated heterocycles. The van der Waals surface area contributed by atoms with Crippen molar-refractivity contribution in [1.29, 1.82) is 0 Å². The van der Waals surface area contributed by atoms with Crippen LogP contribution in [0.2, 0.25) is 0 Å². The van der Waals surface area contributed by atoms with E-state index in [0.29, 0.717) is 0 Å². The smallest absolute Gasteiger partial charge is 0.207 e. The third-order valence-corrected chi connectivity index (χ3v) is 4.39. The quantitative estimate of drug-likeness (QED) is 0.554. The summed E-state index contributed by atoms with van der Waals surface area (Å²) < 4.78 is 47.1. The number of rotatable bonds is 4. The summed E-state index contributed by atoms with van der Waals surface area (Å²) in [5.74, 6) is -2.25. The molecule has 0 aliphatic carbocycles. The predicted octanol–water partition coefficient (Wildman–Crippen LogP) is 5.49. The van der Waals surface area contributed by atoms with Gasteiger partial charge in [0.2, 0.25) is 5.69 Å². The number of pyridine rings is 1. The summed E-state index contributed by atoms with van der Waals surface area (Å²) in [5, 5.41) is 0. The molecule has 0 radical (unpaired) electrons. The van der Waals surface area contributed by atoms with E-state index in [1.54, 1.807) is 12.1 Å². The fourth-order valence-corrected chi connectivity index (χ4v) is 3.09. The first kappa shape index (κ1) is 12.8. The topological polar surface area (TPSA) is 3.88 Å². The Kier molecular flexibility index (Phi) is 3.68. The van der Waals surface area contributed by atoms with E-state index >= 15 is 0 Å². The van der Waals surface area contributed by atoms with Gasteiger partial charge >= 0.3 is 0 Å². The normalized spacial score (nSPS) is 16.3. The van der Waals surface area contributed by atoms with Gasteiger partial charge in [-0.2, -0.15) is 0 Å². The van der Waals surface area contributed by atoms with E-state index < -0.39 is 18.6 Å². The molecule has 0 fully saturated rings. The number of halogens is 1. The van der Waals surface area contributed by atoms with Crippen LogP contribution < -0.4 is 4.57 Å². The van der Waals surface area contributed by atoms with E-state index in [0.717, 1.165) is 22.4 Å². The molecular formula is C23H25FN+. The van der Waals surface area contributed by atoms with Crippen LogP contribution in [0.25, 0.3) is 22.4 Å². The molecule has 3 aromatic rings. The first-order valence-corrected chi connectivity index (χ1v) is 8.34. The van der Waals surface area contributed by atoms with Crippen LogP contribution in [0.15, 0.2) is 60.8 Å². The van der Waals surface area contributed by atoms with Crippen molar-refractivity contribution >= 4 is 0 Å². The van der Waals surface area contributed by atoms with Gasteiger partial charge in [-0.25, -0.2) is 8.96 Å². The summed E-state index contributed by atoms with van der Waals surface area (Å²) >= 11 is 0. The minimum Gasteiger partial charge on any atom is -0.207 e. The highest BCUT2D eigenvalue weighted by molar-refractivity contribution is 5.66. The average molecular weight is 338 g/mol. The molecule has 1 aromatic heterocycles. The second kappa shape index (κ2) is 7.18.